The maximum atomic E-state index is 13.1. The van der Waals surface area contributed by atoms with Gasteiger partial charge in [-0.3, -0.25) is 4.79 Å². The molecule has 1 saturated heterocycles. The second-order valence-electron chi connectivity index (χ2n) is 12.5. The number of aromatic nitrogens is 1. The van der Waals surface area contributed by atoms with E-state index in [1.54, 1.807) is 0 Å². The largest absolute Gasteiger partial charge is 0.388 e. The number of aliphatic hydroxyl groups excluding tert-OH is 2. The first-order chi connectivity index (χ1) is 18.1. The van der Waals surface area contributed by atoms with Crippen LogP contribution in [-0.4, -0.2) is 75.6 Å². The molecule has 2 aromatic rings. The van der Waals surface area contributed by atoms with Crippen LogP contribution in [0.15, 0.2) is 41.5 Å². The topological polar surface area (TPSA) is 105 Å². The van der Waals surface area contributed by atoms with Gasteiger partial charge >= 0.3 is 0 Å². The van der Waals surface area contributed by atoms with E-state index in [1.165, 1.54) is 0 Å². The third-order valence-electron chi connectivity index (χ3n) is 8.92. The van der Waals surface area contributed by atoms with E-state index in [2.05, 4.69) is 65.1 Å². The number of benzene rings is 1. The Balaban J connectivity index is 1.67. The molecule has 39 heavy (non-hydrogen) atoms. The summed E-state index contributed by atoms with van der Waals surface area (Å²) in [5.41, 5.74) is 2.59. The normalized spacial score (nSPS) is 30.2. The van der Waals surface area contributed by atoms with Gasteiger partial charge in [-0.25, -0.2) is 0 Å². The van der Waals surface area contributed by atoms with Crippen LogP contribution in [0.2, 0.25) is 0 Å². The number of carbonyl (C=O) groups is 1. The number of hydrogen-bond donors (Lipinski definition) is 4. The summed E-state index contributed by atoms with van der Waals surface area (Å²) < 4.78 is 9.25. The lowest BCUT2D eigenvalue weighted by atomic mass is 9.88. The van der Waals surface area contributed by atoms with Gasteiger partial charge in [-0.05, 0) is 57.4 Å². The van der Waals surface area contributed by atoms with E-state index in [4.69, 9.17) is 9.57 Å². The molecule has 9 nitrogen and oxygen atoms in total. The van der Waals surface area contributed by atoms with Crippen molar-refractivity contribution in [3.63, 3.8) is 0 Å². The molecule has 1 spiro atoms. The van der Waals surface area contributed by atoms with Gasteiger partial charge in [-0.2, -0.15) is 9.48 Å². The maximum Gasteiger partial charge on any atom is 0.254 e. The maximum absolute atomic E-state index is 13.1. The molecule has 3 heterocycles. The van der Waals surface area contributed by atoms with Crippen molar-refractivity contribution in [1.82, 2.24) is 15.2 Å². The number of ether oxygens (including phenoxy) is 1. The summed E-state index contributed by atoms with van der Waals surface area (Å²) in [7, 11) is 3.91. The number of nitrogens with one attached hydrogen (secondary N) is 2. The fourth-order valence-corrected chi connectivity index (χ4v) is 6.24. The molecule has 0 radical (unpaired) electrons. The Kier molecular flexibility index (Phi) is 7.05. The third kappa shape index (κ3) is 4.75. The molecule has 5 atom stereocenters. The summed E-state index contributed by atoms with van der Waals surface area (Å²) in [4.78, 5) is 19.6. The summed E-state index contributed by atoms with van der Waals surface area (Å²) in [6.07, 6.45) is -1.02. The lowest BCUT2D eigenvalue weighted by Crippen LogP contribution is -2.56. The molecule has 1 amide bonds. The van der Waals surface area contributed by atoms with E-state index < -0.39 is 30.0 Å². The van der Waals surface area contributed by atoms with Crippen LogP contribution in [0.25, 0.3) is 16.6 Å². The highest BCUT2D eigenvalue weighted by Crippen LogP contribution is 2.44. The first kappa shape index (κ1) is 28.3. The Bertz CT molecular complexity index is 1350. The van der Waals surface area contributed by atoms with Crippen molar-refractivity contribution in [1.29, 1.82) is 0 Å². The first-order valence-corrected chi connectivity index (χ1v) is 14.2. The number of quaternary nitrogens is 1. The molecule has 1 aromatic heterocycles. The molecule has 5 rings (SSSR count). The van der Waals surface area contributed by atoms with Gasteiger partial charge in [0.15, 0.2) is 5.60 Å². The summed E-state index contributed by atoms with van der Waals surface area (Å²) in [5.74, 6) is -0.142. The Morgan fingerprint density at radius 1 is 1.23 bits per heavy atom. The van der Waals surface area contributed by atoms with Crippen molar-refractivity contribution < 1.29 is 29.2 Å². The van der Waals surface area contributed by atoms with Crippen molar-refractivity contribution >= 4 is 38.4 Å². The van der Waals surface area contributed by atoms with Gasteiger partial charge in [-0.15, -0.1) is 0 Å². The molecule has 2 fully saturated rings. The van der Waals surface area contributed by atoms with Gasteiger partial charge in [0.1, 0.15) is 30.6 Å². The molecule has 212 valence electrons. The standard InChI is InChI=1S/C29H39BrN4O5/c1-16-10-11-29(27(37)31-15-38-29)14-20-19-12-18(30)8-9-21(19)33(24(20)17(2)32-16)22-13-23(26(36)25(22)35)39-34(6,7)28(3,4)5/h8-9,12,22-23,25-26,32,35-36H,1-2,10-11,13-15H2,3-7H3/p+1/t22?,23-,25-,26?,29?/m0/s1. The lowest BCUT2D eigenvalue weighted by Gasteiger charge is -2.41. The molecular formula is C29H40BrN4O5+. The minimum atomic E-state index is -1.08. The fraction of sp³-hybridized carbons (Fsp3) is 0.552. The van der Waals surface area contributed by atoms with Gasteiger partial charge < -0.3 is 30.2 Å². The summed E-state index contributed by atoms with van der Waals surface area (Å²) in [5, 5.41) is 29.8. The van der Waals surface area contributed by atoms with E-state index in [1.807, 2.05) is 32.3 Å². The number of rotatable bonds is 3. The van der Waals surface area contributed by atoms with E-state index in [9.17, 15) is 15.0 Å². The molecule has 1 saturated carbocycles. The Hall–Kier alpha value is -2.21. The van der Waals surface area contributed by atoms with E-state index in [-0.39, 0.29) is 22.8 Å². The van der Waals surface area contributed by atoms with Gasteiger partial charge in [0.05, 0.1) is 31.5 Å². The van der Waals surface area contributed by atoms with Gasteiger partial charge in [0.25, 0.3) is 5.91 Å². The zero-order valence-corrected chi connectivity index (χ0v) is 25.0. The molecule has 4 N–H and O–H groups in total. The highest BCUT2D eigenvalue weighted by Gasteiger charge is 2.51. The molecule has 1 aromatic carbocycles. The van der Waals surface area contributed by atoms with Crippen molar-refractivity contribution in [2.75, 3.05) is 20.8 Å². The average Bonchev–Trinajstić information content (AvgIpc) is 3.45. The summed E-state index contributed by atoms with van der Waals surface area (Å²) >= 11 is 3.61. The van der Waals surface area contributed by atoms with Crippen molar-refractivity contribution in [2.45, 2.75) is 81.9 Å². The molecule has 3 unspecified atom stereocenters. The molecule has 1 aliphatic carbocycles. The first-order valence-electron chi connectivity index (χ1n) is 13.4. The van der Waals surface area contributed by atoms with Crippen LogP contribution in [0.5, 0.6) is 0 Å². The quantitative estimate of drug-likeness (QED) is 0.316. The minimum absolute atomic E-state index is 0.142. The highest BCUT2D eigenvalue weighted by molar-refractivity contribution is 9.10. The number of amides is 1. The lowest BCUT2D eigenvalue weighted by molar-refractivity contribution is -1.12. The average molecular weight is 605 g/mol. The Morgan fingerprint density at radius 3 is 2.59 bits per heavy atom. The highest BCUT2D eigenvalue weighted by atomic mass is 79.9. The van der Waals surface area contributed by atoms with Crippen LogP contribution in [0.1, 0.15) is 57.3 Å². The number of aliphatic hydroxyl groups is 2. The molecule has 10 heteroatoms. The summed E-state index contributed by atoms with van der Waals surface area (Å²) in [6.45, 7) is 14.9. The van der Waals surface area contributed by atoms with Crippen molar-refractivity contribution in [2.24, 2.45) is 0 Å². The number of carbonyl (C=O) groups excluding carboxylic acids is 1. The molecular weight excluding hydrogens is 564 g/mol. The minimum Gasteiger partial charge on any atom is -0.388 e. The Morgan fingerprint density at radius 2 is 1.95 bits per heavy atom. The molecule has 3 aliphatic rings. The van der Waals surface area contributed by atoms with Crippen molar-refractivity contribution in [3.05, 3.63) is 52.8 Å². The van der Waals surface area contributed by atoms with Crippen LogP contribution in [0.4, 0.5) is 0 Å². The van der Waals surface area contributed by atoms with Gasteiger partial charge in [0, 0.05) is 33.9 Å². The van der Waals surface area contributed by atoms with E-state index in [0.717, 1.165) is 32.3 Å². The van der Waals surface area contributed by atoms with Crippen LogP contribution < -0.4 is 10.6 Å². The van der Waals surface area contributed by atoms with Gasteiger partial charge in [-0.1, -0.05) is 29.1 Å². The SMILES string of the molecule is C=C1CCC2(Cc3c(n(C4C[C@H](O[N+](C)(C)C(C)(C)C)C(O)[C@H]4O)c4ccc(Br)cc34)C(=C)N1)OCNC2=O. The van der Waals surface area contributed by atoms with Crippen LogP contribution >= 0.6 is 15.9 Å². The molecule has 2 aliphatic heterocycles. The number of allylic oxidation sites excluding steroid dienone is 1. The summed E-state index contributed by atoms with van der Waals surface area (Å²) in [6, 6.07) is 5.47. The zero-order valence-electron chi connectivity index (χ0n) is 23.4. The number of nitrogens with zero attached hydrogens (tertiary/aromatic N) is 2. The second kappa shape index (κ2) is 9.71. The van der Waals surface area contributed by atoms with E-state index in [0.29, 0.717) is 31.4 Å². The number of fused-ring (bicyclic) bond motifs is 3. The van der Waals surface area contributed by atoms with Gasteiger partial charge in [0.2, 0.25) is 0 Å². The van der Waals surface area contributed by atoms with Crippen LogP contribution in [0.3, 0.4) is 0 Å². The van der Waals surface area contributed by atoms with Crippen LogP contribution in [0, 0.1) is 0 Å². The predicted molar refractivity (Wildman–Crippen MR) is 153 cm³/mol. The second-order valence-corrected chi connectivity index (χ2v) is 13.4. The number of halogens is 1. The smallest absolute Gasteiger partial charge is 0.254 e. The predicted octanol–water partition coefficient (Wildman–Crippen LogP) is 3.50. The molecule has 0 bridgehead atoms. The van der Waals surface area contributed by atoms with Crippen molar-refractivity contribution in [3.8, 4) is 0 Å². The fourth-order valence-electron chi connectivity index (χ4n) is 5.87. The third-order valence-corrected chi connectivity index (χ3v) is 9.41. The monoisotopic (exact) mass is 603 g/mol. The van der Waals surface area contributed by atoms with Crippen LogP contribution in [-0.2, 0) is 20.8 Å². The Labute approximate surface area is 238 Å². The zero-order chi connectivity index (χ0) is 28.5. The number of hydroxylamine groups is 3. The van der Waals surface area contributed by atoms with E-state index >= 15 is 0 Å². The number of hydrogen-bond acceptors (Lipinski definition) is 6.